The predicted molar refractivity (Wildman–Crippen MR) is 68.0 cm³/mol. The maximum Gasteiger partial charge on any atom is 0.307 e. The topological polar surface area (TPSA) is 53.9 Å². The van der Waals surface area contributed by atoms with Crippen molar-refractivity contribution < 1.29 is 9.53 Å². The first-order valence-electron chi connectivity index (χ1n) is 6.19. The molecular weight excluding hydrogens is 218 g/mol. The fourth-order valence-electron chi connectivity index (χ4n) is 1.93. The summed E-state index contributed by atoms with van der Waals surface area (Å²) in [4.78, 5) is 17.5. The molecule has 1 heterocycles. The highest BCUT2D eigenvalue weighted by molar-refractivity contribution is 5.80. The first-order valence-corrected chi connectivity index (χ1v) is 6.19. The smallest absolute Gasteiger partial charge is 0.307 e. The summed E-state index contributed by atoms with van der Waals surface area (Å²) >= 11 is 0. The van der Waals surface area contributed by atoms with Gasteiger partial charge in [-0.25, -0.2) is 0 Å². The second kappa shape index (κ2) is 7.14. The van der Waals surface area contributed by atoms with E-state index in [4.69, 9.17) is 0 Å². The average Bonchev–Trinajstić information content (AvgIpc) is 2.35. The SMILES string of the molecule is CN=C(NCCC(=O)OC)N1CCC(C)CC1. The number of hydrogen-bond acceptors (Lipinski definition) is 3. The van der Waals surface area contributed by atoms with Crippen molar-refractivity contribution in [2.24, 2.45) is 10.9 Å². The van der Waals surface area contributed by atoms with Gasteiger partial charge in [0.05, 0.1) is 13.5 Å². The van der Waals surface area contributed by atoms with Crippen LogP contribution in [-0.4, -0.2) is 50.6 Å². The summed E-state index contributed by atoms with van der Waals surface area (Å²) in [5.41, 5.74) is 0. The molecule has 1 rings (SSSR count). The Morgan fingerprint density at radius 2 is 2.12 bits per heavy atom. The number of carbonyl (C=O) groups is 1. The molecule has 0 atom stereocenters. The fraction of sp³-hybridized carbons (Fsp3) is 0.833. The lowest BCUT2D eigenvalue weighted by Gasteiger charge is -2.32. The number of rotatable bonds is 3. The zero-order valence-electron chi connectivity index (χ0n) is 11.0. The number of likely N-dealkylation sites (tertiary alicyclic amines) is 1. The van der Waals surface area contributed by atoms with Crippen molar-refractivity contribution in [2.75, 3.05) is 33.8 Å². The van der Waals surface area contributed by atoms with E-state index in [-0.39, 0.29) is 5.97 Å². The fourth-order valence-corrected chi connectivity index (χ4v) is 1.93. The van der Waals surface area contributed by atoms with Gasteiger partial charge in [-0.2, -0.15) is 0 Å². The van der Waals surface area contributed by atoms with Crippen LogP contribution in [-0.2, 0) is 9.53 Å². The lowest BCUT2D eigenvalue weighted by Crippen LogP contribution is -2.45. The molecule has 0 unspecified atom stereocenters. The molecule has 0 spiro atoms. The zero-order valence-corrected chi connectivity index (χ0v) is 11.0. The molecule has 1 aliphatic rings. The highest BCUT2D eigenvalue weighted by atomic mass is 16.5. The number of hydrogen-bond donors (Lipinski definition) is 1. The second-order valence-corrected chi connectivity index (χ2v) is 4.47. The van der Waals surface area contributed by atoms with E-state index in [0.717, 1.165) is 25.0 Å². The van der Waals surface area contributed by atoms with Gasteiger partial charge in [0.2, 0.25) is 0 Å². The molecular formula is C12H23N3O2. The normalized spacial score (nSPS) is 18.1. The van der Waals surface area contributed by atoms with Gasteiger partial charge in [0.15, 0.2) is 5.96 Å². The van der Waals surface area contributed by atoms with Crippen molar-refractivity contribution in [3.8, 4) is 0 Å². The number of aliphatic imine (C=N–C) groups is 1. The molecule has 1 fully saturated rings. The van der Waals surface area contributed by atoms with Gasteiger partial charge in [-0.1, -0.05) is 6.92 Å². The van der Waals surface area contributed by atoms with E-state index in [1.54, 1.807) is 7.05 Å². The van der Waals surface area contributed by atoms with Crippen LogP contribution < -0.4 is 5.32 Å². The minimum Gasteiger partial charge on any atom is -0.469 e. The summed E-state index contributed by atoms with van der Waals surface area (Å²) in [6, 6.07) is 0. The maximum absolute atomic E-state index is 11.0. The summed E-state index contributed by atoms with van der Waals surface area (Å²) in [6.45, 7) is 4.94. The molecule has 0 saturated carbocycles. The molecule has 98 valence electrons. The molecule has 0 aliphatic carbocycles. The van der Waals surface area contributed by atoms with E-state index in [1.165, 1.54) is 20.0 Å². The molecule has 5 nitrogen and oxygen atoms in total. The number of esters is 1. The van der Waals surface area contributed by atoms with Crippen LogP contribution in [0.25, 0.3) is 0 Å². The molecule has 0 aromatic rings. The van der Waals surface area contributed by atoms with Gasteiger partial charge in [-0.05, 0) is 18.8 Å². The van der Waals surface area contributed by atoms with Crippen LogP contribution >= 0.6 is 0 Å². The van der Waals surface area contributed by atoms with E-state index in [0.29, 0.717) is 13.0 Å². The summed E-state index contributed by atoms with van der Waals surface area (Å²) < 4.78 is 4.59. The number of piperidine rings is 1. The van der Waals surface area contributed by atoms with Crippen molar-refractivity contribution in [3.05, 3.63) is 0 Å². The second-order valence-electron chi connectivity index (χ2n) is 4.47. The minimum absolute atomic E-state index is 0.194. The lowest BCUT2D eigenvalue weighted by molar-refractivity contribution is -0.140. The maximum atomic E-state index is 11.0. The molecule has 0 aromatic heterocycles. The number of guanidine groups is 1. The Bertz CT molecular complexity index is 271. The van der Waals surface area contributed by atoms with Crippen LogP contribution in [0.1, 0.15) is 26.2 Å². The lowest BCUT2D eigenvalue weighted by atomic mass is 10.00. The molecule has 0 aromatic carbocycles. The van der Waals surface area contributed by atoms with Gasteiger partial charge in [-0.15, -0.1) is 0 Å². The molecule has 0 bridgehead atoms. The number of nitrogens with zero attached hydrogens (tertiary/aromatic N) is 2. The van der Waals surface area contributed by atoms with Crippen molar-refractivity contribution in [2.45, 2.75) is 26.2 Å². The van der Waals surface area contributed by atoms with Crippen molar-refractivity contribution in [3.63, 3.8) is 0 Å². The molecule has 5 heteroatoms. The highest BCUT2D eigenvalue weighted by Gasteiger charge is 2.18. The molecule has 0 amide bonds. The van der Waals surface area contributed by atoms with Crippen LogP contribution in [0.3, 0.4) is 0 Å². The van der Waals surface area contributed by atoms with Gasteiger partial charge in [0, 0.05) is 26.7 Å². The van der Waals surface area contributed by atoms with E-state index >= 15 is 0 Å². The summed E-state index contributed by atoms with van der Waals surface area (Å²) in [5.74, 6) is 1.50. The third kappa shape index (κ3) is 4.63. The Morgan fingerprint density at radius 3 is 2.65 bits per heavy atom. The third-order valence-corrected chi connectivity index (χ3v) is 3.13. The van der Waals surface area contributed by atoms with E-state index in [9.17, 15) is 4.79 Å². The van der Waals surface area contributed by atoms with Crippen LogP contribution in [0.5, 0.6) is 0 Å². The molecule has 1 aliphatic heterocycles. The minimum atomic E-state index is -0.194. The van der Waals surface area contributed by atoms with Crippen LogP contribution in [0.15, 0.2) is 4.99 Å². The van der Waals surface area contributed by atoms with E-state index < -0.39 is 0 Å². The quantitative estimate of drug-likeness (QED) is 0.452. The summed E-state index contributed by atoms with van der Waals surface area (Å²) in [6.07, 6.45) is 2.79. The van der Waals surface area contributed by atoms with E-state index in [2.05, 4.69) is 26.9 Å². The van der Waals surface area contributed by atoms with Gasteiger partial charge in [0.25, 0.3) is 0 Å². The monoisotopic (exact) mass is 241 g/mol. The summed E-state index contributed by atoms with van der Waals surface area (Å²) in [5, 5.41) is 3.19. The Hall–Kier alpha value is -1.26. The molecule has 0 radical (unpaired) electrons. The van der Waals surface area contributed by atoms with Crippen molar-refractivity contribution in [1.82, 2.24) is 10.2 Å². The van der Waals surface area contributed by atoms with Gasteiger partial charge in [-0.3, -0.25) is 9.79 Å². The number of methoxy groups -OCH3 is 1. The Labute approximate surface area is 103 Å². The Kier molecular flexibility index (Phi) is 5.80. The first kappa shape index (κ1) is 13.8. The first-order chi connectivity index (χ1) is 8.17. The van der Waals surface area contributed by atoms with Gasteiger partial charge in [0.1, 0.15) is 0 Å². The zero-order chi connectivity index (χ0) is 12.7. The van der Waals surface area contributed by atoms with Crippen LogP contribution in [0, 0.1) is 5.92 Å². The van der Waals surface area contributed by atoms with Gasteiger partial charge < -0.3 is 15.0 Å². The number of ether oxygens (including phenoxy) is 1. The van der Waals surface area contributed by atoms with Crippen LogP contribution in [0.4, 0.5) is 0 Å². The average molecular weight is 241 g/mol. The van der Waals surface area contributed by atoms with Crippen molar-refractivity contribution >= 4 is 11.9 Å². The Balaban J connectivity index is 2.31. The molecule has 17 heavy (non-hydrogen) atoms. The molecule has 1 saturated heterocycles. The summed E-state index contributed by atoms with van der Waals surface area (Å²) in [7, 11) is 3.18. The largest absolute Gasteiger partial charge is 0.469 e. The van der Waals surface area contributed by atoms with E-state index in [1.807, 2.05) is 0 Å². The number of carbonyl (C=O) groups excluding carboxylic acids is 1. The third-order valence-electron chi connectivity index (χ3n) is 3.13. The standard InChI is InChI=1S/C12H23N3O2/c1-10-5-8-15(9-6-10)12(13-2)14-7-4-11(16)17-3/h10H,4-9H2,1-3H3,(H,13,14). The number of nitrogens with one attached hydrogen (secondary N) is 1. The predicted octanol–water partition coefficient (Wildman–Crippen LogP) is 0.857. The Morgan fingerprint density at radius 1 is 1.47 bits per heavy atom. The van der Waals surface area contributed by atoms with Crippen molar-refractivity contribution in [1.29, 1.82) is 0 Å². The van der Waals surface area contributed by atoms with Crippen LogP contribution in [0.2, 0.25) is 0 Å². The highest BCUT2D eigenvalue weighted by Crippen LogP contribution is 2.15. The molecule has 1 N–H and O–H groups in total. The van der Waals surface area contributed by atoms with Gasteiger partial charge >= 0.3 is 5.97 Å².